The van der Waals surface area contributed by atoms with Crippen LogP contribution in [-0.4, -0.2) is 25.5 Å². The fourth-order valence-corrected chi connectivity index (χ4v) is 2.23. The number of amides is 1. The van der Waals surface area contributed by atoms with Gasteiger partial charge >= 0.3 is 0 Å². The minimum Gasteiger partial charge on any atom is -0.468 e. The molecule has 0 bridgehead atoms. The Morgan fingerprint density at radius 3 is 2.85 bits per heavy atom. The first kappa shape index (κ1) is 17.6. The summed E-state index contributed by atoms with van der Waals surface area (Å²) in [7, 11) is 0. The third kappa shape index (κ3) is 4.24. The van der Waals surface area contributed by atoms with Crippen LogP contribution in [0.2, 0.25) is 0 Å². The second-order valence-electron chi connectivity index (χ2n) is 5.48. The molecule has 0 radical (unpaired) electrons. The highest BCUT2D eigenvalue weighted by Gasteiger charge is 2.11. The van der Waals surface area contributed by atoms with Gasteiger partial charge in [0.2, 0.25) is 0 Å². The standard InChI is InChI=1S/C17H17F2N5O2/c1-2-23-10-12(9-21-23)8-20-17(25)15-5-6-24(22-15)11-26-16-4-3-13(18)7-14(16)19/h3-7,9-10H,2,8,11H2,1H3,(H,20,25). The maximum Gasteiger partial charge on any atom is 0.272 e. The van der Waals surface area contributed by atoms with Crippen molar-refractivity contribution in [3.05, 3.63) is 65.7 Å². The topological polar surface area (TPSA) is 74.0 Å². The molecule has 1 N–H and O–H groups in total. The van der Waals surface area contributed by atoms with Crippen molar-refractivity contribution in [2.45, 2.75) is 26.7 Å². The molecule has 3 aromatic rings. The molecule has 1 amide bonds. The Balaban J connectivity index is 1.54. The van der Waals surface area contributed by atoms with Gasteiger partial charge in [-0.2, -0.15) is 10.2 Å². The van der Waals surface area contributed by atoms with E-state index in [0.29, 0.717) is 6.54 Å². The number of nitrogens with zero attached hydrogens (tertiary/aromatic N) is 4. The zero-order chi connectivity index (χ0) is 18.5. The van der Waals surface area contributed by atoms with Crippen LogP contribution in [0.25, 0.3) is 0 Å². The van der Waals surface area contributed by atoms with E-state index in [9.17, 15) is 13.6 Å². The molecule has 2 aromatic heterocycles. The molecule has 0 spiro atoms. The Bertz CT molecular complexity index is 906. The molecule has 2 heterocycles. The van der Waals surface area contributed by atoms with E-state index in [4.69, 9.17) is 4.74 Å². The van der Waals surface area contributed by atoms with Crippen LogP contribution in [0.5, 0.6) is 5.75 Å². The molecule has 26 heavy (non-hydrogen) atoms. The van der Waals surface area contributed by atoms with Crippen molar-refractivity contribution < 1.29 is 18.3 Å². The Morgan fingerprint density at radius 2 is 2.12 bits per heavy atom. The van der Waals surface area contributed by atoms with Crippen LogP contribution in [0.4, 0.5) is 8.78 Å². The predicted octanol–water partition coefficient (Wildman–Crippen LogP) is 2.34. The predicted molar refractivity (Wildman–Crippen MR) is 88.3 cm³/mol. The van der Waals surface area contributed by atoms with Crippen molar-refractivity contribution in [1.29, 1.82) is 0 Å². The molecule has 0 fully saturated rings. The zero-order valence-electron chi connectivity index (χ0n) is 14.0. The largest absolute Gasteiger partial charge is 0.468 e. The summed E-state index contributed by atoms with van der Waals surface area (Å²) in [6.07, 6.45) is 5.07. The van der Waals surface area contributed by atoms with Crippen LogP contribution < -0.4 is 10.1 Å². The van der Waals surface area contributed by atoms with Gasteiger partial charge in [0.1, 0.15) is 11.5 Å². The van der Waals surface area contributed by atoms with Crippen LogP contribution in [0, 0.1) is 11.6 Å². The fraction of sp³-hybridized carbons (Fsp3) is 0.235. The highest BCUT2D eigenvalue weighted by molar-refractivity contribution is 5.92. The lowest BCUT2D eigenvalue weighted by Gasteiger charge is -2.07. The van der Waals surface area contributed by atoms with E-state index in [2.05, 4.69) is 15.5 Å². The van der Waals surface area contributed by atoms with E-state index >= 15 is 0 Å². The van der Waals surface area contributed by atoms with Crippen LogP contribution in [-0.2, 0) is 19.8 Å². The fourth-order valence-electron chi connectivity index (χ4n) is 2.23. The third-order valence-corrected chi connectivity index (χ3v) is 3.58. The van der Waals surface area contributed by atoms with Crippen LogP contribution in [0.3, 0.4) is 0 Å². The average molecular weight is 361 g/mol. The Morgan fingerprint density at radius 1 is 1.27 bits per heavy atom. The molecule has 0 aliphatic heterocycles. The first-order valence-electron chi connectivity index (χ1n) is 7.96. The first-order valence-corrected chi connectivity index (χ1v) is 7.96. The van der Waals surface area contributed by atoms with E-state index in [1.807, 2.05) is 13.1 Å². The zero-order valence-corrected chi connectivity index (χ0v) is 14.0. The summed E-state index contributed by atoms with van der Waals surface area (Å²) >= 11 is 0. The van der Waals surface area contributed by atoms with E-state index in [-0.39, 0.29) is 24.1 Å². The molecule has 3 rings (SSSR count). The number of nitrogens with one attached hydrogen (secondary N) is 1. The molecule has 0 aliphatic carbocycles. The van der Waals surface area contributed by atoms with E-state index < -0.39 is 11.6 Å². The molecule has 0 unspecified atom stereocenters. The summed E-state index contributed by atoms with van der Waals surface area (Å²) in [5, 5.41) is 10.9. The van der Waals surface area contributed by atoms with Crippen molar-refractivity contribution >= 4 is 5.91 Å². The summed E-state index contributed by atoms with van der Waals surface area (Å²) in [6.45, 7) is 2.96. The summed E-state index contributed by atoms with van der Waals surface area (Å²) < 4.78 is 34.7. The molecule has 136 valence electrons. The van der Waals surface area contributed by atoms with Gasteiger partial charge in [0.25, 0.3) is 5.91 Å². The van der Waals surface area contributed by atoms with Crippen LogP contribution in [0.1, 0.15) is 23.0 Å². The number of ether oxygens (including phenoxy) is 1. The van der Waals surface area contributed by atoms with Gasteiger partial charge in [-0.15, -0.1) is 0 Å². The van der Waals surface area contributed by atoms with Crippen LogP contribution in [0.15, 0.2) is 42.9 Å². The number of carbonyl (C=O) groups excluding carboxylic acids is 1. The lowest BCUT2D eigenvalue weighted by molar-refractivity contribution is 0.0943. The van der Waals surface area contributed by atoms with E-state index in [0.717, 1.165) is 24.2 Å². The van der Waals surface area contributed by atoms with Gasteiger partial charge in [0.05, 0.1) is 6.20 Å². The van der Waals surface area contributed by atoms with E-state index in [1.54, 1.807) is 10.9 Å². The van der Waals surface area contributed by atoms with Crippen molar-refractivity contribution in [2.75, 3.05) is 0 Å². The minimum absolute atomic E-state index is 0.0964. The van der Waals surface area contributed by atoms with Crippen molar-refractivity contribution in [1.82, 2.24) is 24.9 Å². The molecule has 1 aromatic carbocycles. The molecule has 0 aliphatic rings. The second kappa shape index (κ2) is 7.77. The minimum atomic E-state index is -0.803. The molecule has 0 atom stereocenters. The Hall–Kier alpha value is -3.23. The van der Waals surface area contributed by atoms with E-state index in [1.165, 1.54) is 23.0 Å². The smallest absolute Gasteiger partial charge is 0.272 e. The third-order valence-electron chi connectivity index (χ3n) is 3.58. The number of rotatable bonds is 7. The van der Waals surface area contributed by atoms with Gasteiger partial charge in [-0.3, -0.25) is 9.48 Å². The SMILES string of the molecule is CCn1cc(CNC(=O)c2ccn(COc3ccc(F)cc3F)n2)cn1. The Kier molecular flexibility index (Phi) is 5.26. The first-order chi connectivity index (χ1) is 12.5. The second-order valence-corrected chi connectivity index (χ2v) is 5.48. The van der Waals surface area contributed by atoms with Gasteiger partial charge in [0.15, 0.2) is 18.3 Å². The number of hydrogen-bond donors (Lipinski definition) is 1. The van der Waals surface area contributed by atoms with Gasteiger partial charge in [-0.05, 0) is 25.1 Å². The highest BCUT2D eigenvalue weighted by Crippen LogP contribution is 2.17. The number of aryl methyl sites for hydroxylation is 1. The maximum absolute atomic E-state index is 13.5. The monoisotopic (exact) mass is 361 g/mol. The summed E-state index contributed by atoms with van der Waals surface area (Å²) in [6, 6.07) is 4.55. The van der Waals surface area contributed by atoms with Crippen molar-refractivity contribution in [3.63, 3.8) is 0 Å². The lowest BCUT2D eigenvalue weighted by Crippen LogP contribution is -2.23. The molecule has 7 nitrogen and oxygen atoms in total. The molecule has 0 saturated carbocycles. The molecule has 0 saturated heterocycles. The number of carbonyl (C=O) groups is 1. The number of benzene rings is 1. The molecular formula is C17H17F2N5O2. The number of halogens is 2. The molecular weight excluding hydrogens is 344 g/mol. The summed E-state index contributed by atoms with van der Waals surface area (Å²) in [5.41, 5.74) is 1.09. The van der Waals surface area contributed by atoms with Gasteiger partial charge < -0.3 is 10.1 Å². The van der Waals surface area contributed by atoms with Crippen molar-refractivity contribution in [2.24, 2.45) is 0 Å². The Labute approximate surface area is 148 Å². The van der Waals surface area contributed by atoms with Crippen molar-refractivity contribution in [3.8, 4) is 5.75 Å². The molecule has 9 heteroatoms. The van der Waals surface area contributed by atoms with Gasteiger partial charge in [-0.25, -0.2) is 13.5 Å². The maximum atomic E-state index is 13.5. The van der Waals surface area contributed by atoms with Crippen LogP contribution >= 0.6 is 0 Å². The average Bonchev–Trinajstić information content (AvgIpc) is 3.28. The quantitative estimate of drug-likeness (QED) is 0.701. The summed E-state index contributed by atoms with van der Waals surface area (Å²) in [4.78, 5) is 12.1. The lowest BCUT2D eigenvalue weighted by atomic mass is 10.3. The highest BCUT2D eigenvalue weighted by atomic mass is 19.1. The number of aromatic nitrogens is 4. The summed E-state index contributed by atoms with van der Waals surface area (Å²) in [5.74, 6) is -1.93. The number of hydrogen-bond acceptors (Lipinski definition) is 4. The van der Waals surface area contributed by atoms with Gasteiger partial charge in [-0.1, -0.05) is 0 Å². The normalized spacial score (nSPS) is 10.7. The van der Waals surface area contributed by atoms with Gasteiger partial charge in [0, 0.05) is 37.1 Å².